The van der Waals surface area contributed by atoms with Crippen LogP contribution < -0.4 is 19.5 Å². The fourth-order valence-electron chi connectivity index (χ4n) is 3.88. The molecule has 11 heteroatoms. The smallest absolute Gasteiger partial charge is 0.222 e. The number of thiol groups is 1. The molecule has 3 aromatic rings. The molecule has 0 saturated carbocycles. The van der Waals surface area contributed by atoms with Crippen molar-refractivity contribution in [2.45, 2.75) is 45.1 Å². The molecule has 196 valence electrons. The summed E-state index contributed by atoms with van der Waals surface area (Å²) in [5, 5.41) is 5.78. The summed E-state index contributed by atoms with van der Waals surface area (Å²) in [6, 6.07) is 11.7. The summed E-state index contributed by atoms with van der Waals surface area (Å²) in [7, 11) is -2.74. The van der Waals surface area contributed by atoms with Gasteiger partial charge in [0.15, 0.2) is 17.3 Å². The van der Waals surface area contributed by atoms with Crippen LogP contribution >= 0.6 is 11.3 Å². The van der Waals surface area contributed by atoms with Crippen LogP contribution in [0.5, 0.6) is 11.5 Å². The third-order valence-corrected chi connectivity index (χ3v) is 7.28. The second kappa shape index (κ2) is 12.7. The highest BCUT2D eigenvalue weighted by Crippen LogP contribution is 2.31. The molecule has 0 bridgehead atoms. The number of benzene rings is 2. The number of thiazole rings is 1. The maximum atomic E-state index is 12.9. The molecule has 9 nitrogen and oxygen atoms in total. The predicted octanol–water partition coefficient (Wildman–Crippen LogP) is 3.87. The Bertz CT molecular complexity index is 1310. The van der Waals surface area contributed by atoms with E-state index in [0.29, 0.717) is 42.4 Å². The van der Waals surface area contributed by atoms with Gasteiger partial charge in [0.05, 0.1) is 24.9 Å². The number of ketones is 1. The van der Waals surface area contributed by atoms with E-state index >= 15 is 0 Å². The van der Waals surface area contributed by atoms with E-state index in [4.69, 9.17) is 9.47 Å². The topological polar surface area (TPSA) is 124 Å². The molecule has 0 unspecified atom stereocenters. The fraction of sp³-hybridized carbons (Fsp3) is 0.346. The summed E-state index contributed by atoms with van der Waals surface area (Å²) in [6.45, 7) is 3.12. The number of amides is 1. The Labute approximate surface area is 221 Å². The van der Waals surface area contributed by atoms with E-state index in [9.17, 15) is 18.0 Å². The van der Waals surface area contributed by atoms with Gasteiger partial charge in [-0.15, -0.1) is 11.3 Å². The Morgan fingerprint density at radius 1 is 1.05 bits per heavy atom. The van der Waals surface area contributed by atoms with Gasteiger partial charge in [0.1, 0.15) is 5.01 Å². The van der Waals surface area contributed by atoms with E-state index in [0.717, 1.165) is 29.1 Å². The number of rotatable bonds is 11. The SMILES string of the molecule is CCc1csc([C@H](Cc2ccc(N[SH](=O)=O)cc2)NC(=O)CCC(=O)c2ccc3c(c2)OCCCO3)n1. The lowest BCUT2D eigenvalue weighted by molar-refractivity contribution is -0.121. The number of hydrogen-bond acceptors (Lipinski definition) is 8. The van der Waals surface area contributed by atoms with Gasteiger partial charge in [-0.3, -0.25) is 14.3 Å². The van der Waals surface area contributed by atoms with Gasteiger partial charge < -0.3 is 14.8 Å². The molecular formula is C26H29N3O6S2. The van der Waals surface area contributed by atoms with Gasteiger partial charge in [0.25, 0.3) is 0 Å². The first kappa shape index (κ1) is 26.6. The molecule has 0 aliphatic carbocycles. The summed E-state index contributed by atoms with van der Waals surface area (Å²) in [5.74, 6) is 0.772. The Balaban J connectivity index is 1.40. The normalized spacial score (nSPS) is 13.6. The maximum Gasteiger partial charge on any atom is 0.222 e. The molecule has 37 heavy (non-hydrogen) atoms. The van der Waals surface area contributed by atoms with E-state index < -0.39 is 10.9 Å². The van der Waals surface area contributed by atoms with E-state index in [1.807, 2.05) is 24.4 Å². The van der Waals surface area contributed by atoms with Crippen molar-refractivity contribution in [3.63, 3.8) is 0 Å². The van der Waals surface area contributed by atoms with Crippen LogP contribution in [0.3, 0.4) is 0 Å². The van der Waals surface area contributed by atoms with Gasteiger partial charge in [-0.2, -0.15) is 0 Å². The van der Waals surface area contributed by atoms with Gasteiger partial charge in [-0.25, -0.2) is 13.4 Å². The molecule has 0 radical (unpaired) electrons. The van der Waals surface area contributed by atoms with Crippen molar-refractivity contribution in [2.24, 2.45) is 0 Å². The standard InChI is InChI=1S/C26H29N3O6S2/c1-2-19-16-36-26(27-19)21(14-17-4-7-20(8-5-17)29-37(32)33)28-25(31)11-9-22(30)18-6-10-23-24(15-18)35-13-3-12-34-23/h4-8,10,15-16,21,37H,2-3,9,11-14H2,1H3,(H,28,31)(H,29,32,33)/t21-/m0/s1. The summed E-state index contributed by atoms with van der Waals surface area (Å²) in [5.41, 5.74) is 2.81. The monoisotopic (exact) mass is 543 g/mol. The van der Waals surface area contributed by atoms with Crippen molar-refractivity contribution in [1.82, 2.24) is 10.3 Å². The number of aromatic nitrogens is 1. The first-order valence-electron chi connectivity index (χ1n) is 12.1. The van der Waals surface area contributed by atoms with Crippen molar-refractivity contribution in [3.05, 3.63) is 69.7 Å². The van der Waals surface area contributed by atoms with Gasteiger partial charge in [0.2, 0.25) is 16.8 Å². The third-order valence-electron chi connectivity index (χ3n) is 5.83. The molecule has 0 saturated heterocycles. The van der Waals surface area contributed by atoms with Crippen molar-refractivity contribution in [2.75, 3.05) is 17.9 Å². The van der Waals surface area contributed by atoms with Crippen LogP contribution in [0.25, 0.3) is 0 Å². The molecule has 2 heterocycles. The summed E-state index contributed by atoms with van der Waals surface area (Å²) >= 11 is 1.48. The number of fused-ring (bicyclic) bond motifs is 1. The highest BCUT2D eigenvalue weighted by Gasteiger charge is 2.20. The average Bonchev–Trinajstić information content (AvgIpc) is 3.25. The number of anilines is 1. The molecule has 2 aromatic carbocycles. The minimum atomic E-state index is -2.74. The third kappa shape index (κ3) is 7.53. The van der Waals surface area contributed by atoms with E-state index in [2.05, 4.69) is 15.0 Å². The maximum absolute atomic E-state index is 12.9. The molecule has 1 aromatic heterocycles. The lowest BCUT2D eigenvalue weighted by Crippen LogP contribution is -2.30. The zero-order chi connectivity index (χ0) is 26.2. The molecule has 1 amide bonds. The Kier molecular flexibility index (Phi) is 9.13. The average molecular weight is 544 g/mol. The molecule has 2 N–H and O–H groups in total. The quantitative estimate of drug-likeness (QED) is 0.248. The molecule has 4 rings (SSSR count). The van der Waals surface area contributed by atoms with Crippen LogP contribution in [-0.2, 0) is 28.5 Å². The van der Waals surface area contributed by atoms with E-state index in [-0.39, 0.29) is 30.6 Å². The molecule has 1 aliphatic rings. The molecular weight excluding hydrogens is 514 g/mol. The lowest BCUT2D eigenvalue weighted by atomic mass is 10.0. The zero-order valence-corrected chi connectivity index (χ0v) is 22.1. The number of carbonyl (C=O) groups excluding carboxylic acids is 2. The molecule has 1 atom stereocenters. The van der Waals surface area contributed by atoms with Crippen molar-refractivity contribution < 1.29 is 27.5 Å². The molecule has 0 spiro atoms. The van der Waals surface area contributed by atoms with Crippen LogP contribution in [0.1, 0.15) is 58.9 Å². The number of nitrogens with one attached hydrogen (secondary N) is 2. The number of hydrogen-bond donors (Lipinski definition) is 3. The highest BCUT2D eigenvalue weighted by atomic mass is 32.2. The van der Waals surface area contributed by atoms with Crippen LogP contribution in [0.15, 0.2) is 47.8 Å². The summed E-state index contributed by atoms with van der Waals surface area (Å²) < 4.78 is 35.4. The van der Waals surface area contributed by atoms with Crippen molar-refractivity contribution in [1.29, 1.82) is 0 Å². The Hall–Kier alpha value is -3.44. The first-order valence-corrected chi connectivity index (χ1v) is 14.1. The van der Waals surface area contributed by atoms with Gasteiger partial charge in [0, 0.05) is 35.9 Å². The van der Waals surface area contributed by atoms with Gasteiger partial charge in [-0.05, 0) is 48.7 Å². The summed E-state index contributed by atoms with van der Waals surface area (Å²) in [6.07, 6.45) is 2.14. The van der Waals surface area contributed by atoms with Crippen molar-refractivity contribution >= 4 is 39.6 Å². The highest BCUT2D eigenvalue weighted by molar-refractivity contribution is 7.73. The number of nitrogens with zero attached hydrogens (tertiary/aromatic N) is 1. The zero-order valence-electron chi connectivity index (χ0n) is 20.4. The Morgan fingerprint density at radius 2 is 1.81 bits per heavy atom. The van der Waals surface area contributed by atoms with E-state index in [1.54, 1.807) is 30.3 Å². The van der Waals surface area contributed by atoms with Crippen LogP contribution in [0.2, 0.25) is 0 Å². The van der Waals surface area contributed by atoms with Gasteiger partial charge in [-0.1, -0.05) is 19.1 Å². The fourth-order valence-corrected chi connectivity index (χ4v) is 5.19. The van der Waals surface area contributed by atoms with Crippen LogP contribution in [0.4, 0.5) is 5.69 Å². The number of ether oxygens (including phenoxy) is 2. The minimum absolute atomic E-state index is 0.0369. The minimum Gasteiger partial charge on any atom is -0.490 e. The predicted molar refractivity (Wildman–Crippen MR) is 142 cm³/mol. The number of Topliss-reactive ketones (excluding diaryl/α,β-unsaturated/α-hetero) is 1. The number of carbonyl (C=O) groups is 2. The van der Waals surface area contributed by atoms with E-state index in [1.165, 1.54) is 11.3 Å². The molecule has 1 aliphatic heterocycles. The Morgan fingerprint density at radius 3 is 2.51 bits per heavy atom. The molecule has 0 fully saturated rings. The first-order chi connectivity index (χ1) is 17.9. The second-order valence-electron chi connectivity index (χ2n) is 8.56. The van der Waals surface area contributed by atoms with Crippen molar-refractivity contribution in [3.8, 4) is 11.5 Å². The number of aryl methyl sites for hydroxylation is 1. The van der Waals surface area contributed by atoms with Gasteiger partial charge >= 0.3 is 0 Å². The summed E-state index contributed by atoms with van der Waals surface area (Å²) in [4.78, 5) is 30.3. The lowest BCUT2D eigenvalue weighted by Gasteiger charge is -2.17. The van der Waals surface area contributed by atoms with Crippen LogP contribution in [-0.4, -0.2) is 38.3 Å². The largest absolute Gasteiger partial charge is 0.490 e. The second-order valence-corrected chi connectivity index (χ2v) is 10.2. The van der Waals surface area contributed by atoms with Crippen LogP contribution in [0, 0.1) is 0 Å².